The lowest BCUT2D eigenvalue weighted by molar-refractivity contribution is -0.135. The van der Waals surface area contributed by atoms with Gasteiger partial charge in [-0.05, 0) is 55.7 Å². The minimum atomic E-state index is -0.570. The van der Waals surface area contributed by atoms with Gasteiger partial charge in [0.15, 0.2) is 0 Å². The largest absolute Gasteiger partial charge is 0.341 e. The Morgan fingerprint density at radius 1 is 1.03 bits per heavy atom. The van der Waals surface area contributed by atoms with Crippen molar-refractivity contribution in [3.8, 4) is 0 Å². The summed E-state index contributed by atoms with van der Waals surface area (Å²) in [6.07, 6.45) is 3.02. The number of hydrogen-bond donors (Lipinski definition) is 2. The van der Waals surface area contributed by atoms with Crippen LogP contribution in [0.25, 0.3) is 10.9 Å². The van der Waals surface area contributed by atoms with Crippen molar-refractivity contribution in [2.45, 2.75) is 46.1 Å². The summed E-state index contributed by atoms with van der Waals surface area (Å²) in [4.78, 5) is 32.7. The smallest absolute Gasteiger partial charge is 0.319 e. The molecule has 1 fully saturated rings. The molecule has 1 aliphatic heterocycles. The number of rotatable bonds is 6. The molecule has 3 aromatic rings. The number of aromatic nitrogens is 1. The van der Waals surface area contributed by atoms with Crippen LogP contribution in [0.3, 0.4) is 0 Å². The molecule has 3 amide bonds. The molecule has 2 aromatic carbocycles. The fourth-order valence-electron chi connectivity index (χ4n) is 4.73. The minimum Gasteiger partial charge on any atom is -0.341 e. The molecule has 6 heteroatoms. The molecular formula is C28H34N4O2. The maximum atomic E-state index is 13.3. The van der Waals surface area contributed by atoms with Gasteiger partial charge in [0.1, 0.15) is 6.04 Å². The number of nitrogens with zero attached hydrogens (tertiary/aromatic N) is 2. The molecule has 1 aromatic heterocycles. The third kappa shape index (κ3) is 5.74. The van der Waals surface area contributed by atoms with Crippen LogP contribution in [-0.4, -0.2) is 41.0 Å². The fraction of sp³-hybridized carbons (Fsp3) is 0.393. The van der Waals surface area contributed by atoms with Gasteiger partial charge in [-0.1, -0.05) is 62.4 Å². The van der Waals surface area contributed by atoms with Crippen LogP contribution in [0, 0.1) is 18.8 Å². The Hall–Kier alpha value is -3.41. The highest BCUT2D eigenvalue weighted by Crippen LogP contribution is 2.24. The second-order valence-electron chi connectivity index (χ2n) is 9.61. The average molecular weight is 459 g/mol. The molecule has 0 bridgehead atoms. The highest BCUT2D eigenvalue weighted by atomic mass is 16.2. The number of carbonyl (C=O) groups excluding carboxylic acids is 2. The van der Waals surface area contributed by atoms with Crippen LogP contribution in [0.1, 0.15) is 37.9 Å². The lowest BCUT2D eigenvalue weighted by Crippen LogP contribution is -2.53. The number of likely N-dealkylation sites (tertiary alicyclic amines) is 1. The van der Waals surface area contributed by atoms with Crippen LogP contribution in [-0.2, 0) is 11.2 Å². The van der Waals surface area contributed by atoms with Crippen LogP contribution < -0.4 is 10.6 Å². The number of fused-ring (bicyclic) bond motifs is 1. The first-order chi connectivity index (χ1) is 16.4. The number of carbonyl (C=O) groups is 2. The van der Waals surface area contributed by atoms with E-state index in [4.69, 9.17) is 0 Å². The zero-order valence-electron chi connectivity index (χ0n) is 20.3. The predicted molar refractivity (Wildman–Crippen MR) is 137 cm³/mol. The van der Waals surface area contributed by atoms with Gasteiger partial charge < -0.3 is 15.5 Å². The molecule has 0 spiro atoms. The molecule has 178 valence electrons. The normalized spacial score (nSPS) is 15.4. The summed E-state index contributed by atoms with van der Waals surface area (Å²) in [5.41, 5.74) is 3.69. The first-order valence-corrected chi connectivity index (χ1v) is 12.2. The number of nitrogens with one attached hydrogen (secondary N) is 2. The Balaban J connectivity index is 1.37. The third-order valence-electron chi connectivity index (χ3n) is 6.61. The molecule has 1 aliphatic rings. The summed E-state index contributed by atoms with van der Waals surface area (Å²) >= 11 is 0. The van der Waals surface area contributed by atoms with Gasteiger partial charge in [0.05, 0.1) is 11.2 Å². The van der Waals surface area contributed by atoms with Crippen molar-refractivity contribution in [2.24, 2.45) is 11.8 Å². The molecule has 34 heavy (non-hydrogen) atoms. The number of amides is 3. The summed E-state index contributed by atoms with van der Waals surface area (Å²) in [5, 5.41) is 6.75. The van der Waals surface area contributed by atoms with E-state index in [1.165, 1.54) is 5.56 Å². The van der Waals surface area contributed by atoms with Gasteiger partial charge in [0.2, 0.25) is 5.91 Å². The predicted octanol–water partition coefficient (Wildman–Crippen LogP) is 5.17. The Kier molecular flexibility index (Phi) is 7.46. The number of benzene rings is 2. The van der Waals surface area contributed by atoms with E-state index in [2.05, 4.69) is 39.9 Å². The van der Waals surface area contributed by atoms with Gasteiger partial charge in [-0.2, -0.15) is 0 Å². The van der Waals surface area contributed by atoms with Gasteiger partial charge in [0, 0.05) is 24.2 Å². The van der Waals surface area contributed by atoms with Crippen LogP contribution in [0.4, 0.5) is 10.5 Å². The highest BCUT2D eigenvalue weighted by molar-refractivity contribution is 6.01. The van der Waals surface area contributed by atoms with Gasteiger partial charge in [-0.15, -0.1) is 0 Å². The zero-order chi connectivity index (χ0) is 24.1. The van der Waals surface area contributed by atoms with E-state index in [0.29, 0.717) is 11.6 Å². The number of piperidine rings is 1. The van der Waals surface area contributed by atoms with Crippen LogP contribution >= 0.6 is 0 Å². The average Bonchev–Trinajstić information content (AvgIpc) is 2.83. The Morgan fingerprint density at radius 2 is 1.71 bits per heavy atom. The summed E-state index contributed by atoms with van der Waals surface area (Å²) in [6, 6.07) is 19.1. The van der Waals surface area contributed by atoms with E-state index in [1.54, 1.807) is 0 Å². The quantitative estimate of drug-likeness (QED) is 0.535. The number of urea groups is 1. The van der Waals surface area contributed by atoms with E-state index in [1.807, 2.05) is 62.1 Å². The lowest BCUT2D eigenvalue weighted by atomic mass is 9.89. The molecular weight excluding hydrogens is 424 g/mol. The van der Waals surface area contributed by atoms with Crippen molar-refractivity contribution in [1.29, 1.82) is 0 Å². The SMILES string of the molecule is Cc1cc(NC(=O)N[C@H](C(=O)N2CCC(Cc3ccccc3)CC2)C(C)C)c2ccccc2n1. The van der Waals surface area contributed by atoms with Crippen LogP contribution in [0.15, 0.2) is 60.7 Å². The van der Waals surface area contributed by atoms with Crippen molar-refractivity contribution in [1.82, 2.24) is 15.2 Å². The molecule has 0 aliphatic carbocycles. The van der Waals surface area contributed by atoms with Crippen molar-refractivity contribution >= 4 is 28.5 Å². The Morgan fingerprint density at radius 3 is 2.41 bits per heavy atom. The second kappa shape index (κ2) is 10.7. The first-order valence-electron chi connectivity index (χ1n) is 12.2. The molecule has 1 atom stereocenters. The van der Waals surface area contributed by atoms with E-state index in [9.17, 15) is 9.59 Å². The standard InChI is InChI=1S/C28H34N4O2/c1-19(2)26(27(33)32-15-13-22(14-16-32)18-21-9-5-4-6-10-21)31-28(34)30-25-17-20(3)29-24-12-8-7-11-23(24)25/h4-12,17,19,22,26H,13-16,18H2,1-3H3,(H2,29,30,31,34)/t26-/m0/s1. The second-order valence-corrected chi connectivity index (χ2v) is 9.61. The maximum Gasteiger partial charge on any atom is 0.319 e. The van der Waals surface area contributed by atoms with Gasteiger partial charge in [0.25, 0.3) is 0 Å². The van der Waals surface area contributed by atoms with Crippen molar-refractivity contribution in [3.05, 3.63) is 71.9 Å². The monoisotopic (exact) mass is 458 g/mol. The Labute approximate surface area is 201 Å². The molecule has 6 nitrogen and oxygen atoms in total. The molecule has 4 rings (SSSR count). The van der Waals surface area contributed by atoms with Crippen LogP contribution in [0.2, 0.25) is 0 Å². The fourth-order valence-corrected chi connectivity index (χ4v) is 4.73. The number of pyridine rings is 1. The zero-order valence-corrected chi connectivity index (χ0v) is 20.3. The lowest BCUT2D eigenvalue weighted by Gasteiger charge is -2.35. The molecule has 0 unspecified atom stereocenters. The van der Waals surface area contributed by atoms with Crippen molar-refractivity contribution in [2.75, 3.05) is 18.4 Å². The van der Waals surface area contributed by atoms with E-state index < -0.39 is 6.04 Å². The summed E-state index contributed by atoms with van der Waals surface area (Å²) in [6.45, 7) is 7.30. The van der Waals surface area contributed by atoms with Gasteiger partial charge >= 0.3 is 6.03 Å². The summed E-state index contributed by atoms with van der Waals surface area (Å²) < 4.78 is 0. The molecule has 0 radical (unpaired) electrons. The highest BCUT2D eigenvalue weighted by Gasteiger charge is 2.31. The van der Waals surface area contributed by atoms with Crippen molar-refractivity contribution in [3.63, 3.8) is 0 Å². The van der Waals surface area contributed by atoms with Gasteiger partial charge in [-0.25, -0.2) is 4.79 Å². The maximum absolute atomic E-state index is 13.3. The first kappa shape index (κ1) is 23.7. The molecule has 0 saturated carbocycles. The number of aryl methyl sites for hydroxylation is 1. The summed E-state index contributed by atoms with van der Waals surface area (Å²) in [5.74, 6) is 0.568. The number of para-hydroxylation sites is 1. The minimum absolute atomic E-state index is 0.000854. The van der Waals surface area contributed by atoms with Gasteiger partial charge in [-0.3, -0.25) is 9.78 Å². The van der Waals surface area contributed by atoms with Crippen molar-refractivity contribution < 1.29 is 9.59 Å². The number of anilines is 1. The Bertz CT molecular complexity index is 1140. The van der Waals surface area contributed by atoms with Crippen LogP contribution in [0.5, 0.6) is 0 Å². The molecule has 1 saturated heterocycles. The molecule has 2 N–H and O–H groups in total. The third-order valence-corrected chi connectivity index (χ3v) is 6.61. The van der Waals surface area contributed by atoms with E-state index in [-0.39, 0.29) is 17.9 Å². The molecule has 2 heterocycles. The van der Waals surface area contributed by atoms with E-state index in [0.717, 1.165) is 48.9 Å². The summed E-state index contributed by atoms with van der Waals surface area (Å²) in [7, 11) is 0. The number of hydrogen-bond acceptors (Lipinski definition) is 3. The van der Waals surface area contributed by atoms with E-state index >= 15 is 0 Å². The topological polar surface area (TPSA) is 74.3 Å².